The van der Waals surface area contributed by atoms with Gasteiger partial charge in [0.1, 0.15) is 0 Å². The number of hydrogen-bond acceptors (Lipinski definition) is 5. The number of imide groups is 1. The third-order valence-corrected chi connectivity index (χ3v) is 6.63. The Morgan fingerprint density at radius 2 is 1.33 bits per heavy atom. The number of carboxylic acids is 1. The molecule has 0 aromatic heterocycles. The van der Waals surface area contributed by atoms with Gasteiger partial charge < -0.3 is 10.2 Å². The van der Waals surface area contributed by atoms with Crippen molar-refractivity contribution in [1.29, 1.82) is 0 Å². The zero-order valence-corrected chi connectivity index (χ0v) is 19.9. The van der Waals surface area contributed by atoms with Gasteiger partial charge in [-0.3, -0.25) is 24.1 Å². The van der Waals surface area contributed by atoms with E-state index < -0.39 is 29.8 Å². The molecule has 1 aliphatic heterocycles. The Hall–Kier alpha value is -4.10. The van der Waals surface area contributed by atoms with Crippen LogP contribution in [0.15, 0.2) is 72.8 Å². The number of ketones is 1. The first-order chi connectivity index (χ1) is 17.3. The average molecular weight is 486 g/mol. The van der Waals surface area contributed by atoms with Crippen LogP contribution in [0.1, 0.15) is 56.4 Å². The van der Waals surface area contributed by atoms with Crippen LogP contribution in [-0.4, -0.2) is 51.3 Å². The smallest absolute Gasteiger partial charge is 0.309 e. The zero-order valence-electron chi connectivity index (χ0n) is 19.9. The number of carbonyl (C=O) groups is 4. The number of nitrogens with zero attached hydrogens (tertiary/aromatic N) is 1. The third-order valence-electron chi connectivity index (χ3n) is 6.63. The van der Waals surface area contributed by atoms with Gasteiger partial charge in [0.2, 0.25) is 0 Å². The summed E-state index contributed by atoms with van der Waals surface area (Å²) in [6, 6.07) is 21.6. The molecular weight excluding hydrogens is 458 g/mol. The van der Waals surface area contributed by atoms with Crippen LogP contribution in [-0.2, 0) is 11.2 Å². The first kappa shape index (κ1) is 25.0. The van der Waals surface area contributed by atoms with Crippen molar-refractivity contribution in [3.05, 3.63) is 95.1 Å². The maximum absolute atomic E-state index is 12.5. The van der Waals surface area contributed by atoms with Gasteiger partial charge in [-0.05, 0) is 55.0 Å². The number of fused-ring (bicyclic) bond motifs is 1. The fourth-order valence-electron chi connectivity index (χ4n) is 4.47. The van der Waals surface area contributed by atoms with E-state index in [0.717, 1.165) is 21.6 Å². The third kappa shape index (κ3) is 5.26. The summed E-state index contributed by atoms with van der Waals surface area (Å²) in [4.78, 5) is 49.4. The maximum Gasteiger partial charge on any atom is 0.309 e. The van der Waals surface area contributed by atoms with Gasteiger partial charge in [-0.15, -0.1) is 0 Å². The second-order valence-electron chi connectivity index (χ2n) is 8.98. The lowest BCUT2D eigenvalue weighted by Gasteiger charge is -2.22. The number of hydrogen-bond donors (Lipinski definition) is 2. The molecule has 0 fully saturated rings. The Bertz CT molecular complexity index is 1260. The van der Waals surface area contributed by atoms with E-state index >= 15 is 0 Å². The second-order valence-corrected chi connectivity index (χ2v) is 8.98. The summed E-state index contributed by atoms with van der Waals surface area (Å²) in [6.45, 7) is 1.45. The molecule has 184 valence electrons. The van der Waals surface area contributed by atoms with Gasteiger partial charge in [0, 0.05) is 12.1 Å². The van der Waals surface area contributed by atoms with Crippen LogP contribution in [0.2, 0.25) is 0 Å². The molecule has 7 nitrogen and oxygen atoms in total. The molecule has 0 bridgehead atoms. The van der Waals surface area contributed by atoms with Crippen LogP contribution in [0, 0.1) is 5.92 Å². The van der Waals surface area contributed by atoms with E-state index in [1.165, 1.54) is 6.92 Å². The van der Waals surface area contributed by atoms with Gasteiger partial charge in [0.15, 0.2) is 5.78 Å². The summed E-state index contributed by atoms with van der Waals surface area (Å²) < 4.78 is 0. The maximum atomic E-state index is 12.5. The van der Waals surface area contributed by atoms with Crippen molar-refractivity contribution in [2.24, 2.45) is 5.92 Å². The molecule has 0 unspecified atom stereocenters. The van der Waals surface area contributed by atoms with Crippen molar-refractivity contribution >= 4 is 23.6 Å². The lowest BCUT2D eigenvalue weighted by atomic mass is 9.93. The summed E-state index contributed by atoms with van der Waals surface area (Å²) in [5, 5.41) is 20.3. The van der Waals surface area contributed by atoms with Crippen LogP contribution in [0.3, 0.4) is 0 Å². The number of amides is 2. The normalized spacial score (nSPS) is 14.4. The van der Waals surface area contributed by atoms with Crippen molar-refractivity contribution in [2.45, 2.75) is 32.3 Å². The minimum atomic E-state index is -1.16. The lowest BCUT2D eigenvalue weighted by molar-refractivity contribution is -0.146. The molecule has 0 saturated carbocycles. The number of benzene rings is 3. The number of carbonyl (C=O) groups excluding carboxylic acids is 3. The lowest BCUT2D eigenvalue weighted by Crippen LogP contribution is -2.36. The topological polar surface area (TPSA) is 112 Å². The minimum Gasteiger partial charge on any atom is -0.481 e. The molecule has 2 N–H and O–H groups in total. The van der Waals surface area contributed by atoms with Crippen LogP contribution in [0.25, 0.3) is 11.1 Å². The van der Waals surface area contributed by atoms with E-state index in [-0.39, 0.29) is 25.2 Å². The average Bonchev–Trinajstić information content (AvgIpc) is 3.12. The molecular formula is C29H27NO6. The predicted molar refractivity (Wildman–Crippen MR) is 134 cm³/mol. The molecule has 2 amide bonds. The van der Waals surface area contributed by atoms with Gasteiger partial charge in [0.05, 0.1) is 23.1 Å². The Morgan fingerprint density at radius 3 is 1.83 bits per heavy atom. The fourth-order valence-corrected chi connectivity index (χ4v) is 4.47. The molecule has 3 aromatic carbocycles. The van der Waals surface area contributed by atoms with Crippen molar-refractivity contribution in [2.75, 3.05) is 6.54 Å². The number of aliphatic hydroxyl groups is 1. The van der Waals surface area contributed by atoms with Crippen LogP contribution in [0.4, 0.5) is 0 Å². The quantitative estimate of drug-likeness (QED) is 0.328. The molecule has 0 aliphatic carbocycles. The summed E-state index contributed by atoms with van der Waals surface area (Å²) in [5.74, 6) is -3.13. The van der Waals surface area contributed by atoms with Gasteiger partial charge in [-0.2, -0.15) is 0 Å². The number of rotatable bonds is 10. The van der Waals surface area contributed by atoms with Gasteiger partial charge in [-0.25, -0.2) is 0 Å². The van der Waals surface area contributed by atoms with Crippen LogP contribution < -0.4 is 0 Å². The number of Topliss-reactive ketones (excluding diaryl/α,β-unsaturated/α-hetero) is 1. The number of carboxylic acid groups (broad SMARTS) is 1. The molecule has 1 aliphatic rings. The Balaban J connectivity index is 1.34. The Kier molecular flexibility index (Phi) is 7.41. The summed E-state index contributed by atoms with van der Waals surface area (Å²) in [5.41, 5.74) is 4.19. The fraction of sp³-hybridized carbons (Fsp3) is 0.241. The predicted octanol–water partition coefficient (Wildman–Crippen LogP) is 4.24. The van der Waals surface area contributed by atoms with E-state index in [0.29, 0.717) is 23.1 Å². The highest BCUT2D eigenvalue weighted by Gasteiger charge is 2.36. The first-order valence-corrected chi connectivity index (χ1v) is 11.8. The molecule has 3 aromatic rings. The van der Waals surface area contributed by atoms with Gasteiger partial charge in [-0.1, -0.05) is 60.7 Å². The number of aliphatic carboxylic acids is 1. The van der Waals surface area contributed by atoms with E-state index in [1.807, 2.05) is 36.4 Å². The summed E-state index contributed by atoms with van der Waals surface area (Å²) >= 11 is 0. The first-order valence-electron chi connectivity index (χ1n) is 11.8. The monoisotopic (exact) mass is 485 g/mol. The minimum absolute atomic E-state index is 0.0128. The van der Waals surface area contributed by atoms with E-state index in [4.69, 9.17) is 0 Å². The van der Waals surface area contributed by atoms with E-state index in [2.05, 4.69) is 0 Å². The summed E-state index contributed by atoms with van der Waals surface area (Å²) in [6.07, 6.45) is -0.457. The molecule has 2 atom stereocenters. The highest BCUT2D eigenvalue weighted by molar-refractivity contribution is 6.21. The van der Waals surface area contributed by atoms with Crippen LogP contribution >= 0.6 is 0 Å². The van der Waals surface area contributed by atoms with Gasteiger partial charge >= 0.3 is 5.97 Å². The van der Waals surface area contributed by atoms with Crippen molar-refractivity contribution < 1.29 is 29.4 Å². The molecule has 0 radical (unpaired) electrons. The largest absolute Gasteiger partial charge is 0.481 e. The highest BCUT2D eigenvalue weighted by Crippen LogP contribution is 2.25. The highest BCUT2D eigenvalue weighted by atomic mass is 16.4. The van der Waals surface area contributed by atoms with Crippen LogP contribution in [0.5, 0.6) is 0 Å². The van der Waals surface area contributed by atoms with E-state index in [1.54, 1.807) is 36.4 Å². The Morgan fingerprint density at radius 1 is 0.806 bits per heavy atom. The molecule has 1 heterocycles. The van der Waals surface area contributed by atoms with Crippen molar-refractivity contribution in [1.82, 2.24) is 4.90 Å². The molecule has 4 rings (SSSR count). The molecule has 0 spiro atoms. The van der Waals surface area contributed by atoms with Crippen molar-refractivity contribution in [3.8, 4) is 11.1 Å². The molecule has 7 heteroatoms. The Labute approximate surface area is 209 Å². The number of aliphatic hydroxyl groups excluding tert-OH is 1. The summed E-state index contributed by atoms with van der Waals surface area (Å²) in [7, 11) is 0. The van der Waals surface area contributed by atoms with E-state index in [9.17, 15) is 29.4 Å². The second kappa shape index (κ2) is 10.7. The standard InChI is InChI=1S/C29H27NO6/c1-18(31)20-11-13-22(14-12-20)21-9-6-19(7-10-21)8-15-26(32)25(29(35)36)16-17-30-27(33)23-4-2-3-5-24(23)28(30)34/h2-7,9-14,25-26,32H,8,15-17H2,1H3,(H,35,36)/t25-,26-/m1/s1. The zero-order chi connectivity index (χ0) is 25.8. The molecule has 0 saturated heterocycles. The molecule has 36 heavy (non-hydrogen) atoms. The van der Waals surface area contributed by atoms with Crippen molar-refractivity contribution in [3.63, 3.8) is 0 Å². The number of aryl methyl sites for hydroxylation is 1. The van der Waals surface area contributed by atoms with Gasteiger partial charge in [0.25, 0.3) is 11.8 Å². The SMILES string of the molecule is CC(=O)c1ccc(-c2ccc(CC[C@@H](O)[C@@H](CCN3C(=O)c4ccccc4C3=O)C(=O)O)cc2)cc1.